The van der Waals surface area contributed by atoms with E-state index < -0.39 is 12.0 Å². The number of rotatable bonds is 6. The van der Waals surface area contributed by atoms with Crippen molar-refractivity contribution in [3.05, 3.63) is 126 Å². The summed E-state index contributed by atoms with van der Waals surface area (Å²) in [5.74, 6) is -0.114. The molecule has 1 atom stereocenters. The fourth-order valence-corrected chi connectivity index (χ4v) is 6.90. The molecule has 0 aliphatic carbocycles. The third kappa shape index (κ3) is 4.79. The van der Waals surface area contributed by atoms with Crippen LogP contribution < -0.4 is 19.6 Å². The number of carbonyl (C=O) groups excluding carboxylic acids is 1. The van der Waals surface area contributed by atoms with Crippen LogP contribution in [-0.4, -0.2) is 28.8 Å². The van der Waals surface area contributed by atoms with Gasteiger partial charge in [-0.05, 0) is 86.7 Å². The molecule has 0 amide bonds. The van der Waals surface area contributed by atoms with Gasteiger partial charge in [-0.15, -0.1) is 0 Å². The Morgan fingerprint density at radius 1 is 1.05 bits per heavy atom. The average Bonchev–Trinajstić information content (AvgIpc) is 3.45. The Morgan fingerprint density at radius 2 is 1.77 bits per heavy atom. The molecular weight excluding hydrogens is 565 g/mol. The van der Waals surface area contributed by atoms with Gasteiger partial charge in [-0.3, -0.25) is 9.36 Å². The van der Waals surface area contributed by atoms with Gasteiger partial charge in [0.25, 0.3) is 5.56 Å². The van der Waals surface area contributed by atoms with Crippen LogP contribution >= 0.6 is 11.3 Å². The lowest BCUT2D eigenvalue weighted by Crippen LogP contribution is -2.40. The number of benzene rings is 3. The Kier molecular flexibility index (Phi) is 7.35. The zero-order valence-electron chi connectivity index (χ0n) is 24.5. The summed E-state index contributed by atoms with van der Waals surface area (Å²) < 4.78 is 28.8. The van der Waals surface area contributed by atoms with Crippen molar-refractivity contribution in [1.82, 2.24) is 9.13 Å². The number of aryl methyl sites for hydroxylation is 1. The van der Waals surface area contributed by atoms with E-state index >= 15 is 0 Å². The van der Waals surface area contributed by atoms with Crippen LogP contribution in [0.5, 0.6) is 5.75 Å². The minimum absolute atomic E-state index is 0.194. The van der Waals surface area contributed by atoms with Gasteiger partial charge in [-0.25, -0.2) is 14.2 Å². The van der Waals surface area contributed by atoms with Crippen LogP contribution in [0.25, 0.3) is 22.5 Å². The Hall–Kier alpha value is -4.76. The highest BCUT2D eigenvalue weighted by Gasteiger charge is 2.34. The molecule has 1 aliphatic heterocycles. The summed E-state index contributed by atoms with van der Waals surface area (Å²) in [5, 5.41) is 1.73. The van der Waals surface area contributed by atoms with Crippen LogP contribution in [0.3, 0.4) is 0 Å². The molecule has 1 aliphatic rings. The molecular formula is C34H30FN3O4S. The highest BCUT2D eigenvalue weighted by atomic mass is 32.1. The Morgan fingerprint density at radius 3 is 2.47 bits per heavy atom. The van der Waals surface area contributed by atoms with Crippen molar-refractivity contribution in [1.29, 1.82) is 0 Å². The first kappa shape index (κ1) is 28.4. The first-order chi connectivity index (χ1) is 20.7. The second-order valence-electron chi connectivity index (χ2n) is 10.3. The van der Waals surface area contributed by atoms with Crippen LogP contribution in [0.2, 0.25) is 0 Å². The number of hydrogen-bond donors (Lipinski definition) is 0. The third-order valence-corrected chi connectivity index (χ3v) is 8.77. The molecule has 0 saturated heterocycles. The lowest BCUT2D eigenvalue weighted by molar-refractivity contribution is -0.139. The van der Waals surface area contributed by atoms with Crippen LogP contribution in [0.4, 0.5) is 4.39 Å². The molecule has 0 bridgehead atoms. The molecule has 0 saturated carbocycles. The van der Waals surface area contributed by atoms with Gasteiger partial charge in [-0.2, -0.15) is 0 Å². The van der Waals surface area contributed by atoms with Crippen molar-refractivity contribution in [2.75, 3.05) is 13.7 Å². The number of nitrogens with zero attached hydrogens (tertiary/aromatic N) is 3. The molecule has 43 heavy (non-hydrogen) atoms. The number of methoxy groups -OCH3 is 1. The van der Waals surface area contributed by atoms with Gasteiger partial charge >= 0.3 is 5.97 Å². The number of esters is 1. The summed E-state index contributed by atoms with van der Waals surface area (Å²) >= 11 is 1.28. The number of allylic oxidation sites excluding steroid dienone is 1. The fourth-order valence-electron chi connectivity index (χ4n) is 5.86. The summed E-state index contributed by atoms with van der Waals surface area (Å²) in [7, 11) is 1.62. The van der Waals surface area contributed by atoms with Crippen molar-refractivity contribution in [3.8, 4) is 11.4 Å². The molecule has 5 aromatic rings. The van der Waals surface area contributed by atoms with Gasteiger partial charge in [0, 0.05) is 22.5 Å². The first-order valence-corrected chi connectivity index (χ1v) is 14.7. The molecule has 1 unspecified atom stereocenters. The smallest absolute Gasteiger partial charge is 0.338 e. The Labute approximate surface area is 251 Å². The van der Waals surface area contributed by atoms with E-state index in [1.807, 2.05) is 67.0 Å². The van der Waals surface area contributed by atoms with Crippen LogP contribution in [0.15, 0.2) is 87.8 Å². The maximum absolute atomic E-state index is 14.2. The molecule has 6 rings (SSSR count). The standard InChI is InChI=1S/C34H30FN3O4S/c1-6-42-33(40)30-20(3)36-34-38(31(30)27-15-16-28(41-5)26-10-8-7-9-25(26)27)32(39)29(43-34)18-22-17-19(2)37(21(22)4)24-13-11-23(35)12-14-24/h7-18,31H,6H2,1-5H3/b29-18+. The average molecular weight is 596 g/mol. The quantitative estimate of drug-likeness (QED) is 0.243. The van der Waals surface area contributed by atoms with Crippen molar-refractivity contribution in [3.63, 3.8) is 0 Å². The number of carbonyl (C=O) groups is 1. The van der Waals surface area contributed by atoms with E-state index in [-0.39, 0.29) is 18.0 Å². The molecule has 2 aromatic heterocycles. The van der Waals surface area contributed by atoms with E-state index in [0.717, 1.165) is 39.0 Å². The number of hydrogen-bond acceptors (Lipinski definition) is 6. The zero-order chi connectivity index (χ0) is 30.4. The van der Waals surface area contributed by atoms with Crippen LogP contribution in [-0.2, 0) is 9.53 Å². The number of halogens is 1. The van der Waals surface area contributed by atoms with Gasteiger partial charge in [-0.1, -0.05) is 41.7 Å². The predicted molar refractivity (Wildman–Crippen MR) is 166 cm³/mol. The Bertz CT molecular complexity index is 2120. The Balaban J connectivity index is 1.58. The van der Waals surface area contributed by atoms with E-state index in [0.29, 0.717) is 26.4 Å². The minimum Gasteiger partial charge on any atom is -0.496 e. The van der Waals surface area contributed by atoms with E-state index in [4.69, 9.17) is 14.5 Å². The van der Waals surface area contributed by atoms with Gasteiger partial charge in [0.15, 0.2) is 4.80 Å². The number of thiazole rings is 1. The van der Waals surface area contributed by atoms with Crippen LogP contribution in [0, 0.1) is 19.7 Å². The maximum atomic E-state index is 14.2. The maximum Gasteiger partial charge on any atom is 0.338 e. The molecule has 0 N–H and O–H groups in total. The zero-order valence-corrected chi connectivity index (χ0v) is 25.3. The van der Waals surface area contributed by atoms with E-state index in [9.17, 15) is 14.0 Å². The lowest BCUT2D eigenvalue weighted by Gasteiger charge is -2.26. The topological polar surface area (TPSA) is 74.8 Å². The molecule has 218 valence electrons. The summed E-state index contributed by atoms with van der Waals surface area (Å²) in [6.45, 7) is 7.66. The number of aromatic nitrogens is 2. The van der Waals surface area contributed by atoms with Gasteiger partial charge < -0.3 is 14.0 Å². The molecule has 3 aromatic carbocycles. The molecule has 0 fully saturated rings. The van der Waals surface area contributed by atoms with Gasteiger partial charge in [0.1, 0.15) is 11.6 Å². The summed E-state index contributed by atoms with van der Waals surface area (Å²) in [6, 6.07) is 19.1. The van der Waals surface area contributed by atoms with Crippen molar-refractivity contribution in [2.24, 2.45) is 4.99 Å². The SMILES string of the molecule is CCOC(=O)C1=C(C)N=c2s/c(=C/c3cc(C)n(-c4ccc(F)cc4)c3C)c(=O)n2C1c1ccc(OC)c2ccccc12. The van der Waals surface area contributed by atoms with E-state index in [1.165, 1.54) is 23.5 Å². The molecule has 0 radical (unpaired) electrons. The summed E-state index contributed by atoms with van der Waals surface area (Å²) in [6.07, 6.45) is 1.86. The van der Waals surface area contributed by atoms with Crippen molar-refractivity contribution < 1.29 is 18.7 Å². The number of ether oxygens (including phenoxy) is 2. The molecule has 0 spiro atoms. The summed E-state index contributed by atoms with van der Waals surface area (Å²) in [4.78, 5) is 32.9. The third-order valence-electron chi connectivity index (χ3n) is 7.79. The fraction of sp³-hybridized carbons (Fsp3) is 0.206. The van der Waals surface area contributed by atoms with Gasteiger partial charge in [0.05, 0.1) is 35.6 Å². The number of fused-ring (bicyclic) bond motifs is 2. The molecule has 3 heterocycles. The highest BCUT2D eigenvalue weighted by molar-refractivity contribution is 7.07. The van der Waals surface area contributed by atoms with E-state index in [2.05, 4.69) is 0 Å². The van der Waals surface area contributed by atoms with Crippen molar-refractivity contribution >= 4 is 34.2 Å². The normalized spacial score (nSPS) is 15.0. The minimum atomic E-state index is -0.750. The summed E-state index contributed by atoms with van der Waals surface area (Å²) in [5.41, 5.74) is 4.90. The second-order valence-corrected chi connectivity index (χ2v) is 11.4. The monoisotopic (exact) mass is 595 g/mol. The highest BCUT2D eigenvalue weighted by Crippen LogP contribution is 2.38. The predicted octanol–water partition coefficient (Wildman–Crippen LogP) is 5.51. The second kappa shape index (κ2) is 11.1. The first-order valence-electron chi connectivity index (χ1n) is 13.9. The molecule has 9 heteroatoms. The van der Waals surface area contributed by atoms with Crippen molar-refractivity contribution in [2.45, 2.75) is 33.7 Å². The molecule has 7 nitrogen and oxygen atoms in total. The van der Waals surface area contributed by atoms with Gasteiger partial charge in [0.2, 0.25) is 0 Å². The largest absolute Gasteiger partial charge is 0.496 e. The lowest BCUT2D eigenvalue weighted by atomic mass is 9.91. The van der Waals surface area contributed by atoms with Crippen LogP contribution in [0.1, 0.15) is 42.4 Å². The van der Waals surface area contributed by atoms with E-state index in [1.54, 1.807) is 37.7 Å².